The Labute approximate surface area is 218 Å². The van der Waals surface area contributed by atoms with E-state index < -0.39 is 11.8 Å². The summed E-state index contributed by atoms with van der Waals surface area (Å²) in [5, 5.41) is 6.43. The lowest BCUT2D eigenvalue weighted by Gasteiger charge is -2.15. The van der Waals surface area contributed by atoms with Gasteiger partial charge in [0.2, 0.25) is 0 Å². The lowest BCUT2D eigenvalue weighted by atomic mass is 10.1. The zero-order valence-corrected chi connectivity index (χ0v) is 21.9. The van der Waals surface area contributed by atoms with Crippen molar-refractivity contribution in [2.75, 3.05) is 18.5 Å². The quantitative estimate of drug-likeness (QED) is 0.203. The average Bonchev–Trinajstić information content (AvgIpc) is 2.86. The van der Waals surface area contributed by atoms with Crippen molar-refractivity contribution < 1.29 is 23.8 Å². The van der Waals surface area contributed by atoms with E-state index in [1.165, 1.54) is 6.21 Å². The van der Waals surface area contributed by atoms with E-state index in [1.54, 1.807) is 36.4 Å². The van der Waals surface area contributed by atoms with Crippen molar-refractivity contribution >= 4 is 39.6 Å². The zero-order chi connectivity index (χ0) is 25.9. The molecule has 9 heteroatoms. The second-order valence-electron chi connectivity index (χ2n) is 7.56. The molecule has 2 amide bonds. The third kappa shape index (κ3) is 7.32. The average molecular weight is 554 g/mol. The molecular formula is C27H28BrN3O5. The van der Waals surface area contributed by atoms with Gasteiger partial charge in [0.05, 0.1) is 29.6 Å². The highest BCUT2D eigenvalue weighted by Crippen LogP contribution is 2.37. The summed E-state index contributed by atoms with van der Waals surface area (Å²) < 4.78 is 17.9. The molecular weight excluding hydrogens is 526 g/mol. The molecule has 0 saturated carbocycles. The van der Waals surface area contributed by atoms with Crippen LogP contribution in [0.25, 0.3) is 0 Å². The van der Waals surface area contributed by atoms with Crippen LogP contribution in [-0.2, 0) is 16.2 Å². The van der Waals surface area contributed by atoms with Gasteiger partial charge in [-0.05, 0) is 77.7 Å². The number of aryl methyl sites for hydroxylation is 1. The Morgan fingerprint density at radius 1 is 0.917 bits per heavy atom. The van der Waals surface area contributed by atoms with E-state index in [4.69, 9.17) is 14.2 Å². The zero-order valence-electron chi connectivity index (χ0n) is 20.3. The summed E-state index contributed by atoms with van der Waals surface area (Å²) in [7, 11) is 0. The molecule has 0 aliphatic heterocycles. The summed E-state index contributed by atoms with van der Waals surface area (Å²) in [6.07, 6.45) is 1.41. The van der Waals surface area contributed by atoms with Gasteiger partial charge in [-0.15, -0.1) is 0 Å². The first-order valence-electron chi connectivity index (χ1n) is 11.4. The minimum absolute atomic E-state index is 0.385. The first-order valence-corrected chi connectivity index (χ1v) is 12.2. The number of para-hydroxylation sites is 2. The third-order valence-corrected chi connectivity index (χ3v) is 5.58. The van der Waals surface area contributed by atoms with Crippen molar-refractivity contribution in [2.24, 2.45) is 5.10 Å². The Bertz CT molecular complexity index is 1250. The normalized spacial score (nSPS) is 10.7. The Hall–Kier alpha value is -3.85. The van der Waals surface area contributed by atoms with Crippen LogP contribution in [0.15, 0.2) is 70.2 Å². The fourth-order valence-corrected chi connectivity index (χ4v) is 3.81. The van der Waals surface area contributed by atoms with Crippen LogP contribution in [0.1, 0.15) is 30.5 Å². The van der Waals surface area contributed by atoms with Crippen LogP contribution in [0, 0.1) is 6.92 Å². The van der Waals surface area contributed by atoms with E-state index in [1.807, 2.05) is 45.0 Å². The van der Waals surface area contributed by atoms with Gasteiger partial charge in [0.25, 0.3) is 0 Å². The van der Waals surface area contributed by atoms with Gasteiger partial charge in [0, 0.05) is 0 Å². The molecule has 0 bridgehead atoms. The van der Waals surface area contributed by atoms with Crippen molar-refractivity contribution in [3.63, 3.8) is 0 Å². The molecule has 0 spiro atoms. The molecule has 0 aromatic heterocycles. The van der Waals surface area contributed by atoms with Crippen LogP contribution in [0.2, 0.25) is 0 Å². The Balaban J connectivity index is 1.66. The number of carbonyl (C=O) groups excluding carboxylic acids is 2. The van der Waals surface area contributed by atoms with Crippen molar-refractivity contribution in [2.45, 2.75) is 27.4 Å². The molecule has 188 valence electrons. The van der Waals surface area contributed by atoms with Gasteiger partial charge in [0.1, 0.15) is 12.4 Å². The van der Waals surface area contributed by atoms with E-state index in [2.05, 4.69) is 31.8 Å². The highest BCUT2D eigenvalue weighted by atomic mass is 79.9. The highest BCUT2D eigenvalue weighted by Gasteiger charge is 2.16. The predicted octanol–water partition coefficient (Wildman–Crippen LogP) is 5.22. The van der Waals surface area contributed by atoms with Crippen LogP contribution in [0.4, 0.5) is 5.69 Å². The van der Waals surface area contributed by atoms with E-state index >= 15 is 0 Å². The number of nitrogens with zero attached hydrogens (tertiary/aromatic N) is 1. The predicted molar refractivity (Wildman–Crippen MR) is 143 cm³/mol. The Kier molecular flexibility index (Phi) is 9.88. The number of hydrogen-bond acceptors (Lipinski definition) is 6. The fraction of sp³-hybridized carbons (Fsp3) is 0.222. The number of ether oxygens (including phenoxy) is 3. The molecule has 0 saturated heterocycles. The molecule has 3 aromatic carbocycles. The van der Waals surface area contributed by atoms with Crippen molar-refractivity contribution in [3.05, 3.63) is 81.8 Å². The van der Waals surface area contributed by atoms with Gasteiger partial charge in [-0.25, -0.2) is 5.43 Å². The third-order valence-electron chi connectivity index (χ3n) is 4.99. The number of halogens is 1. The van der Waals surface area contributed by atoms with Crippen LogP contribution in [-0.4, -0.2) is 31.2 Å². The maximum Gasteiger partial charge on any atom is 0.329 e. The monoisotopic (exact) mass is 553 g/mol. The number of hydrogen-bond donors (Lipinski definition) is 2. The number of nitrogens with one attached hydrogen (secondary N) is 2. The van der Waals surface area contributed by atoms with Crippen LogP contribution in [0.5, 0.6) is 17.2 Å². The van der Waals surface area contributed by atoms with Crippen LogP contribution >= 0.6 is 15.9 Å². The highest BCUT2D eigenvalue weighted by molar-refractivity contribution is 9.10. The topological polar surface area (TPSA) is 98.2 Å². The minimum atomic E-state index is -0.917. The molecule has 3 rings (SSSR count). The van der Waals surface area contributed by atoms with Gasteiger partial charge >= 0.3 is 11.8 Å². The van der Waals surface area contributed by atoms with Gasteiger partial charge in [0.15, 0.2) is 11.5 Å². The van der Waals surface area contributed by atoms with Gasteiger partial charge in [-0.1, -0.05) is 36.4 Å². The van der Waals surface area contributed by atoms with Gasteiger partial charge in [-0.2, -0.15) is 5.10 Å². The summed E-state index contributed by atoms with van der Waals surface area (Å²) >= 11 is 3.53. The summed E-state index contributed by atoms with van der Waals surface area (Å²) in [4.78, 5) is 24.5. The van der Waals surface area contributed by atoms with Gasteiger partial charge < -0.3 is 19.5 Å². The number of anilines is 1. The lowest BCUT2D eigenvalue weighted by molar-refractivity contribution is -0.136. The summed E-state index contributed by atoms with van der Waals surface area (Å²) in [6.45, 7) is 6.99. The first-order chi connectivity index (χ1) is 17.4. The Morgan fingerprint density at radius 3 is 2.36 bits per heavy atom. The van der Waals surface area contributed by atoms with Crippen molar-refractivity contribution in [3.8, 4) is 17.2 Å². The van der Waals surface area contributed by atoms with E-state index in [0.29, 0.717) is 52.8 Å². The van der Waals surface area contributed by atoms with Crippen LogP contribution < -0.4 is 25.0 Å². The lowest BCUT2D eigenvalue weighted by Crippen LogP contribution is -2.32. The molecule has 0 aliphatic carbocycles. The number of carbonyl (C=O) groups is 2. The number of rotatable bonds is 10. The molecule has 8 nitrogen and oxygen atoms in total. The number of hydrazone groups is 1. The number of benzene rings is 3. The second-order valence-corrected chi connectivity index (χ2v) is 8.41. The Morgan fingerprint density at radius 2 is 1.61 bits per heavy atom. The van der Waals surface area contributed by atoms with E-state index in [0.717, 1.165) is 11.1 Å². The molecule has 0 atom stereocenters. The van der Waals surface area contributed by atoms with E-state index in [9.17, 15) is 9.59 Å². The van der Waals surface area contributed by atoms with E-state index in [-0.39, 0.29) is 0 Å². The molecule has 0 radical (unpaired) electrons. The van der Waals surface area contributed by atoms with Crippen LogP contribution in [0.3, 0.4) is 0 Å². The standard InChI is InChI=1S/C27H28BrN3O5/c1-4-34-23-13-9-8-12-22(23)30-26(32)27(33)31-29-16-19-14-21(28)25(24(15-19)35-5-2)36-17-20-11-7-6-10-18(20)3/h6-16H,4-5,17H2,1-3H3,(H,30,32)(H,31,33)/b29-16+. The van der Waals surface area contributed by atoms with Crippen molar-refractivity contribution in [1.29, 1.82) is 0 Å². The molecule has 0 heterocycles. The largest absolute Gasteiger partial charge is 0.492 e. The first kappa shape index (κ1) is 26.7. The van der Waals surface area contributed by atoms with Crippen molar-refractivity contribution in [1.82, 2.24) is 5.43 Å². The SMILES string of the molecule is CCOc1ccccc1NC(=O)C(=O)N/N=C/c1cc(Br)c(OCc2ccccc2C)c(OCC)c1. The smallest absolute Gasteiger partial charge is 0.329 e. The summed E-state index contributed by atoms with van der Waals surface area (Å²) in [5.41, 5.74) is 5.47. The summed E-state index contributed by atoms with van der Waals surface area (Å²) in [6, 6.07) is 18.4. The molecule has 0 fully saturated rings. The number of amides is 2. The fourth-order valence-electron chi connectivity index (χ4n) is 3.23. The molecule has 2 N–H and O–H groups in total. The second kappa shape index (κ2) is 13.3. The maximum absolute atomic E-state index is 12.3. The molecule has 36 heavy (non-hydrogen) atoms. The molecule has 0 aliphatic rings. The van der Waals surface area contributed by atoms with Gasteiger partial charge in [-0.3, -0.25) is 9.59 Å². The summed E-state index contributed by atoms with van der Waals surface area (Å²) in [5.74, 6) is -0.217. The molecule has 0 unspecified atom stereocenters. The maximum atomic E-state index is 12.3. The molecule has 3 aromatic rings. The minimum Gasteiger partial charge on any atom is -0.492 e.